The van der Waals surface area contributed by atoms with Gasteiger partial charge in [0.05, 0.1) is 0 Å². The van der Waals surface area contributed by atoms with Gasteiger partial charge < -0.3 is 5.32 Å². The Bertz CT molecular complexity index is 71.2. The average Bonchev–Trinajstić information content (AvgIpc) is 1.90. The number of fused-ring (bicyclic) bond motifs is 2. The van der Waals surface area contributed by atoms with Gasteiger partial charge in [-0.1, -0.05) is 20.3 Å². The fourth-order valence-electron chi connectivity index (χ4n) is 1.70. The molecule has 3 fully saturated rings. The molecule has 1 saturated carbocycles. The number of rotatable bonds is 0. The van der Waals surface area contributed by atoms with Gasteiger partial charge in [-0.25, -0.2) is 0 Å². The highest BCUT2D eigenvalue weighted by molar-refractivity contribution is 4.87. The van der Waals surface area contributed by atoms with Gasteiger partial charge in [0.1, 0.15) is 0 Å². The summed E-state index contributed by atoms with van der Waals surface area (Å²) < 4.78 is 0. The average molecular weight is 141 g/mol. The van der Waals surface area contributed by atoms with Crippen LogP contribution in [0, 0.1) is 11.8 Å². The maximum absolute atomic E-state index is 3.38. The monoisotopic (exact) mass is 141 g/mol. The third kappa shape index (κ3) is 1.98. The quantitative estimate of drug-likeness (QED) is 0.544. The molecule has 10 heavy (non-hydrogen) atoms. The van der Waals surface area contributed by atoms with E-state index in [0.29, 0.717) is 0 Å². The molecular formula is C9H19N. The first-order valence-electron chi connectivity index (χ1n) is 4.57. The van der Waals surface area contributed by atoms with E-state index >= 15 is 0 Å². The summed E-state index contributed by atoms with van der Waals surface area (Å²) in [4.78, 5) is 0. The second-order valence-corrected chi connectivity index (χ2v) is 3.57. The number of hydrogen-bond donors (Lipinski definition) is 1. The largest absolute Gasteiger partial charge is 0.316 e. The lowest BCUT2D eigenvalue weighted by Gasteiger charge is -2.41. The fourth-order valence-corrected chi connectivity index (χ4v) is 1.70. The van der Waals surface area contributed by atoms with Crippen molar-refractivity contribution in [3.05, 3.63) is 0 Å². The van der Waals surface area contributed by atoms with Crippen molar-refractivity contribution in [1.29, 1.82) is 0 Å². The fraction of sp³-hybridized carbons (Fsp3) is 1.00. The van der Waals surface area contributed by atoms with Crippen LogP contribution in [0.25, 0.3) is 0 Å². The molecule has 0 unspecified atom stereocenters. The summed E-state index contributed by atoms with van der Waals surface area (Å²) in [5.74, 6) is 2.14. The van der Waals surface area contributed by atoms with E-state index in [2.05, 4.69) is 19.2 Å². The molecule has 2 bridgehead atoms. The Morgan fingerprint density at radius 1 is 1.10 bits per heavy atom. The topological polar surface area (TPSA) is 12.0 Å². The standard InChI is InChI=1S/C6H11N.C3H8/c1-5-2-6(1)4-7-3-5;1-3-2/h5-7H,1-4H2;3H2,1-2H3. The maximum atomic E-state index is 3.38. The van der Waals surface area contributed by atoms with Gasteiger partial charge in [0.25, 0.3) is 0 Å². The minimum atomic E-state index is 1.07. The molecule has 0 aromatic rings. The van der Waals surface area contributed by atoms with E-state index in [-0.39, 0.29) is 0 Å². The third-order valence-electron chi connectivity index (χ3n) is 2.20. The Kier molecular flexibility index (Phi) is 3.20. The lowest BCUT2D eigenvalue weighted by Crippen LogP contribution is -2.45. The first kappa shape index (κ1) is 8.06. The van der Waals surface area contributed by atoms with E-state index in [4.69, 9.17) is 0 Å². The van der Waals surface area contributed by atoms with Crippen LogP contribution in [0.3, 0.4) is 0 Å². The molecule has 2 aliphatic heterocycles. The van der Waals surface area contributed by atoms with Crippen molar-refractivity contribution in [2.75, 3.05) is 13.1 Å². The zero-order valence-electron chi connectivity index (χ0n) is 7.19. The van der Waals surface area contributed by atoms with Gasteiger partial charge in [0.15, 0.2) is 0 Å². The van der Waals surface area contributed by atoms with Crippen LogP contribution in [-0.2, 0) is 0 Å². The van der Waals surface area contributed by atoms with Gasteiger partial charge in [-0.2, -0.15) is 0 Å². The molecule has 3 aliphatic rings. The van der Waals surface area contributed by atoms with E-state index in [1.807, 2.05) is 0 Å². The Balaban J connectivity index is 0.000000148. The summed E-state index contributed by atoms with van der Waals surface area (Å²) in [5, 5.41) is 3.38. The van der Waals surface area contributed by atoms with Crippen LogP contribution in [0.2, 0.25) is 0 Å². The predicted molar refractivity (Wildman–Crippen MR) is 45.0 cm³/mol. The lowest BCUT2D eigenvalue weighted by atomic mass is 9.72. The molecule has 0 amide bonds. The Labute approximate surface area is 64.2 Å². The summed E-state index contributed by atoms with van der Waals surface area (Å²) in [7, 11) is 0. The molecule has 0 spiro atoms. The molecule has 0 aromatic carbocycles. The zero-order chi connectivity index (χ0) is 7.40. The van der Waals surface area contributed by atoms with Crippen LogP contribution in [0.1, 0.15) is 33.1 Å². The number of hydrogen-bond acceptors (Lipinski definition) is 1. The highest BCUT2D eigenvalue weighted by Crippen LogP contribution is 2.35. The van der Waals surface area contributed by atoms with Crippen molar-refractivity contribution < 1.29 is 0 Å². The maximum Gasteiger partial charge on any atom is -0.00202 e. The molecule has 0 aromatic heterocycles. The van der Waals surface area contributed by atoms with E-state index in [1.54, 1.807) is 0 Å². The summed E-state index contributed by atoms with van der Waals surface area (Å²) in [6.07, 6.45) is 4.29. The molecule has 2 saturated heterocycles. The van der Waals surface area contributed by atoms with Crippen LogP contribution >= 0.6 is 0 Å². The zero-order valence-corrected chi connectivity index (χ0v) is 7.19. The van der Waals surface area contributed by atoms with E-state index in [1.165, 1.54) is 32.4 Å². The van der Waals surface area contributed by atoms with Crippen molar-refractivity contribution in [1.82, 2.24) is 5.32 Å². The Hall–Kier alpha value is -0.0400. The van der Waals surface area contributed by atoms with Crippen LogP contribution in [0.5, 0.6) is 0 Å². The molecule has 60 valence electrons. The normalized spacial score (nSPS) is 35.4. The van der Waals surface area contributed by atoms with Gasteiger partial charge in [-0.15, -0.1) is 0 Å². The highest BCUT2D eigenvalue weighted by Gasteiger charge is 2.32. The molecule has 0 radical (unpaired) electrons. The van der Waals surface area contributed by atoms with Crippen LogP contribution in [-0.4, -0.2) is 13.1 Å². The van der Waals surface area contributed by atoms with Crippen molar-refractivity contribution in [3.8, 4) is 0 Å². The lowest BCUT2D eigenvalue weighted by molar-refractivity contribution is 0.135. The molecule has 3 rings (SSSR count). The van der Waals surface area contributed by atoms with Gasteiger partial charge in [0, 0.05) is 0 Å². The smallest absolute Gasteiger partial charge is 0.00202 e. The van der Waals surface area contributed by atoms with Gasteiger partial charge in [-0.05, 0) is 37.8 Å². The minimum absolute atomic E-state index is 1.07. The van der Waals surface area contributed by atoms with Gasteiger partial charge in [0.2, 0.25) is 0 Å². The molecular weight excluding hydrogens is 122 g/mol. The second kappa shape index (κ2) is 3.97. The SMILES string of the molecule is C1NCC2CC1C2.CCC. The summed E-state index contributed by atoms with van der Waals surface area (Å²) in [5.41, 5.74) is 0. The predicted octanol–water partition coefficient (Wildman–Crippen LogP) is 2.03. The van der Waals surface area contributed by atoms with Crippen LogP contribution in [0.4, 0.5) is 0 Å². The van der Waals surface area contributed by atoms with E-state index in [9.17, 15) is 0 Å². The van der Waals surface area contributed by atoms with Gasteiger partial charge in [-0.3, -0.25) is 0 Å². The van der Waals surface area contributed by atoms with Crippen molar-refractivity contribution in [2.24, 2.45) is 11.8 Å². The van der Waals surface area contributed by atoms with E-state index < -0.39 is 0 Å². The molecule has 1 N–H and O–H groups in total. The summed E-state index contributed by atoms with van der Waals surface area (Å²) in [6.45, 7) is 6.85. The van der Waals surface area contributed by atoms with Crippen molar-refractivity contribution in [2.45, 2.75) is 33.1 Å². The highest BCUT2D eigenvalue weighted by atomic mass is 14.9. The van der Waals surface area contributed by atoms with Gasteiger partial charge >= 0.3 is 0 Å². The molecule has 2 heterocycles. The van der Waals surface area contributed by atoms with Crippen LogP contribution in [0.15, 0.2) is 0 Å². The Morgan fingerprint density at radius 3 is 1.60 bits per heavy atom. The third-order valence-corrected chi connectivity index (χ3v) is 2.20. The van der Waals surface area contributed by atoms with Crippen LogP contribution < -0.4 is 5.32 Å². The number of nitrogens with one attached hydrogen (secondary N) is 1. The van der Waals surface area contributed by atoms with Crippen molar-refractivity contribution >= 4 is 0 Å². The molecule has 0 atom stereocenters. The Morgan fingerprint density at radius 2 is 1.50 bits per heavy atom. The minimum Gasteiger partial charge on any atom is -0.316 e. The molecule has 1 nitrogen and oxygen atoms in total. The molecule has 1 heteroatoms. The van der Waals surface area contributed by atoms with E-state index in [0.717, 1.165) is 11.8 Å². The first-order chi connectivity index (χ1) is 4.86. The summed E-state index contributed by atoms with van der Waals surface area (Å²) in [6, 6.07) is 0. The summed E-state index contributed by atoms with van der Waals surface area (Å²) >= 11 is 0. The van der Waals surface area contributed by atoms with Crippen molar-refractivity contribution in [3.63, 3.8) is 0 Å². The molecule has 1 aliphatic carbocycles. The first-order valence-corrected chi connectivity index (χ1v) is 4.57. The second-order valence-electron chi connectivity index (χ2n) is 3.57. The number of piperidine rings is 2.